The van der Waals surface area contributed by atoms with Crippen molar-refractivity contribution < 1.29 is 14.6 Å². The van der Waals surface area contributed by atoms with Crippen LogP contribution in [0.5, 0.6) is 5.75 Å². The maximum atomic E-state index is 12.1. The van der Waals surface area contributed by atoms with Crippen molar-refractivity contribution in [2.24, 2.45) is 5.41 Å². The van der Waals surface area contributed by atoms with E-state index in [1.165, 1.54) is 0 Å². The molecule has 0 radical (unpaired) electrons. The molecule has 0 atom stereocenters. The van der Waals surface area contributed by atoms with Crippen LogP contribution in [0.25, 0.3) is 0 Å². The fraction of sp³-hybridized carbons (Fsp3) is 0.588. The average Bonchev–Trinajstić information content (AvgIpc) is 2.35. The van der Waals surface area contributed by atoms with Crippen molar-refractivity contribution in [3.05, 3.63) is 29.8 Å². The topological polar surface area (TPSA) is 58.6 Å². The Kier molecular flexibility index (Phi) is 5.78. The van der Waals surface area contributed by atoms with Gasteiger partial charge < -0.3 is 15.2 Å². The number of aliphatic hydroxyl groups is 1. The van der Waals surface area contributed by atoms with Gasteiger partial charge in [-0.3, -0.25) is 4.79 Å². The minimum absolute atomic E-state index is 0.108. The quantitative estimate of drug-likeness (QED) is 0.847. The SMILES string of the molecule is CC(C)(CCO)CNC(=O)c1ccc(OC(C)(C)C)cc1. The predicted molar refractivity (Wildman–Crippen MR) is 84.6 cm³/mol. The van der Waals surface area contributed by atoms with Gasteiger partial charge in [-0.25, -0.2) is 0 Å². The van der Waals surface area contributed by atoms with Gasteiger partial charge in [-0.2, -0.15) is 0 Å². The fourth-order valence-corrected chi connectivity index (χ4v) is 1.84. The van der Waals surface area contributed by atoms with Gasteiger partial charge >= 0.3 is 0 Å². The first-order valence-corrected chi connectivity index (χ1v) is 7.31. The lowest BCUT2D eigenvalue weighted by atomic mass is 9.89. The lowest BCUT2D eigenvalue weighted by Crippen LogP contribution is -2.34. The monoisotopic (exact) mass is 293 g/mol. The van der Waals surface area contributed by atoms with E-state index in [4.69, 9.17) is 9.84 Å². The van der Waals surface area contributed by atoms with Crippen LogP contribution in [0.2, 0.25) is 0 Å². The van der Waals surface area contributed by atoms with Gasteiger partial charge in [-0.1, -0.05) is 13.8 Å². The molecule has 0 aliphatic heterocycles. The summed E-state index contributed by atoms with van der Waals surface area (Å²) in [6, 6.07) is 7.13. The summed E-state index contributed by atoms with van der Waals surface area (Å²) in [5.74, 6) is 0.642. The van der Waals surface area contributed by atoms with Crippen molar-refractivity contribution in [1.82, 2.24) is 5.32 Å². The first-order valence-electron chi connectivity index (χ1n) is 7.31. The molecule has 21 heavy (non-hydrogen) atoms. The predicted octanol–water partition coefficient (Wildman–Crippen LogP) is 3.00. The summed E-state index contributed by atoms with van der Waals surface area (Å²) in [5.41, 5.74) is 0.244. The molecular formula is C17H27NO3. The Morgan fingerprint density at radius 3 is 2.19 bits per heavy atom. The van der Waals surface area contributed by atoms with E-state index < -0.39 is 0 Å². The number of aliphatic hydroxyl groups excluding tert-OH is 1. The highest BCUT2D eigenvalue weighted by Crippen LogP contribution is 2.20. The third kappa shape index (κ3) is 6.63. The van der Waals surface area contributed by atoms with Crippen molar-refractivity contribution in [2.75, 3.05) is 13.2 Å². The maximum Gasteiger partial charge on any atom is 0.251 e. The second-order valence-electron chi connectivity index (χ2n) is 7.06. The molecule has 0 aliphatic rings. The van der Waals surface area contributed by atoms with Crippen LogP contribution in [-0.2, 0) is 0 Å². The molecule has 0 saturated carbocycles. The van der Waals surface area contributed by atoms with Crippen molar-refractivity contribution in [3.8, 4) is 5.75 Å². The van der Waals surface area contributed by atoms with E-state index in [0.29, 0.717) is 18.5 Å². The van der Waals surface area contributed by atoms with Crippen molar-refractivity contribution in [1.29, 1.82) is 0 Å². The number of rotatable bonds is 6. The molecule has 1 aromatic carbocycles. The Balaban J connectivity index is 2.59. The number of benzene rings is 1. The van der Waals surface area contributed by atoms with Crippen LogP contribution in [0, 0.1) is 5.41 Å². The van der Waals surface area contributed by atoms with Crippen LogP contribution in [-0.4, -0.2) is 29.8 Å². The molecular weight excluding hydrogens is 266 g/mol. The van der Waals surface area contributed by atoms with E-state index in [-0.39, 0.29) is 23.5 Å². The molecule has 0 unspecified atom stereocenters. The van der Waals surface area contributed by atoms with E-state index in [2.05, 4.69) is 5.32 Å². The molecule has 0 heterocycles. The first-order chi connectivity index (χ1) is 9.63. The van der Waals surface area contributed by atoms with Crippen LogP contribution in [0.15, 0.2) is 24.3 Å². The summed E-state index contributed by atoms with van der Waals surface area (Å²) in [7, 11) is 0. The Bertz CT molecular complexity index is 458. The highest BCUT2D eigenvalue weighted by molar-refractivity contribution is 5.94. The molecule has 0 fully saturated rings. The van der Waals surface area contributed by atoms with Crippen LogP contribution in [0.4, 0.5) is 0 Å². The van der Waals surface area contributed by atoms with E-state index in [1.54, 1.807) is 24.3 Å². The van der Waals surface area contributed by atoms with Crippen LogP contribution in [0.3, 0.4) is 0 Å². The number of hydrogen-bond acceptors (Lipinski definition) is 3. The number of carbonyl (C=O) groups excluding carboxylic acids is 1. The number of ether oxygens (including phenoxy) is 1. The van der Waals surface area contributed by atoms with Gasteiger partial charge in [-0.15, -0.1) is 0 Å². The second kappa shape index (κ2) is 6.94. The zero-order valence-electron chi connectivity index (χ0n) is 13.7. The molecule has 118 valence electrons. The fourth-order valence-electron chi connectivity index (χ4n) is 1.84. The summed E-state index contributed by atoms with van der Waals surface area (Å²) >= 11 is 0. The van der Waals surface area contributed by atoms with Gasteiger partial charge in [0.1, 0.15) is 11.4 Å². The molecule has 0 bridgehead atoms. The molecule has 4 heteroatoms. The molecule has 0 spiro atoms. The number of amides is 1. The van der Waals surface area contributed by atoms with Gasteiger partial charge in [-0.05, 0) is 56.9 Å². The molecule has 1 aromatic rings. The lowest BCUT2D eigenvalue weighted by Gasteiger charge is -2.24. The minimum atomic E-state index is -0.252. The molecule has 4 nitrogen and oxygen atoms in total. The Labute approximate surface area is 127 Å². The Morgan fingerprint density at radius 2 is 1.71 bits per heavy atom. The van der Waals surface area contributed by atoms with Gasteiger partial charge in [0.2, 0.25) is 0 Å². The highest BCUT2D eigenvalue weighted by atomic mass is 16.5. The average molecular weight is 293 g/mol. The van der Waals surface area contributed by atoms with Crippen molar-refractivity contribution in [2.45, 2.75) is 46.6 Å². The standard InChI is InChI=1S/C17H27NO3/c1-16(2,3)21-14-8-6-13(7-9-14)15(20)18-12-17(4,5)10-11-19/h6-9,19H,10-12H2,1-5H3,(H,18,20). The van der Waals surface area contributed by atoms with E-state index in [1.807, 2.05) is 34.6 Å². The Hall–Kier alpha value is -1.55. The summed E-state index contributed by atoms with van der Waals surface area (Å²) < 4.78 is 5.72. The van der Waals surface area contributed by atoms with E-state index in [9.17, 15) is 4.79 Å². The van der Waals surface area contributed by atoms with Crippen molar-refractivity contribution >= 4 is 5.91 Å². The van der Waals surface area contributed by atoms with E-state index in [0.717, 1.165) is 5.75 Å². The number of nitrogens with one attached hydrogen (secondary N) is 1. The van der Waals surface area contributed by atoms with Crippen molar-refractivity contribution in [3.63, 3.8) is 0 Å². The zero-order chi connectivity index (χ0) is 16.1. The molecule has 1 amide bonds. The number of hydrogen-bond donors (Lipinski definition) is 2. The minimum Gasteiger partial charge on any atom is -0.488 e. The van der Waals surface area contributed by atoms with Crippen LogP contribution < -0.4 is 10.1 Å². The molecule has 2 N–H and O–H groups in total. The highest BCUT2D eigenvalue weighted by Gasteiger charge is 2.18. The normalized spacial score (nSPS) is 12.1. The van der Waals surface area contributed by atoms with Gasteiger partial charge in [0.15, 0.2) is 0 Å². The van der Waals surface area contributed by atoms with E-state index >= 15 is 0 Å². The molecule has 0 aromatic heterocycles. The van der Waals surface area contributed by atoms with Gasteiger partial charge in [0.25, 0.3) is 5.91 Å². The molecule has 1 rings (SSSR count). The Morgan fingerprint density at radius 1 is 1.14 bits per heavy atom. The molecule has 0 aliphatic carbocycles. The van der Waals surface area contributed by atoms with Gasteiger partial charge in [0.05, 0.1) is 0 Å². The summed E-state index contributed by atoms with van der Waals surface area (Å²) in [6.45, 7) is 10.6. The van der Waals surface area contributed by atoms with Gasteiger partial charge in [0, 0.05) is 18.7 Å². The third-order valence-corrected chi connectivity index (χ3v) is 3.06. The van der Waals surface area contributed by atoms with Crippen LogP contribution >= 0.6 is 0 Å². The van der Waals surface area contributed by atoms with Crippen LogP contribution in [0.1, 0.15) is 51.4 Å². The second-order valence-corrected chi connectivity index (χ2v) is 7.06. The lowest BCUT2D eigenvalue weighted by molar-refractivity contribution is 0.0928. The maximum absolute atomic E-state index is 12.1. The summed E-state index contributed by atoms with van der Waals surface area (Å²) in [4.78, 5) is 12.1. The summed E-state index contributed by atoms with van der Waals surface area (Å²) in [5, 5.41) is 11.9. The molecule has 0 saturated heterocycles. The number of carbonyl (C=O) groups is 1. The first kappa shape index (κ1) is 17.5. The smallest absolute Gasteiger partial charge is 0.251 e. The largest absolute Gasteiger partial charge is 0.488 e. The summed E-state index contributed by atoms with van der Waals surface area (Å²) in [6.07, 6.45) is 0.658. The third-order valence-electron chi connectivity index (χ3n) is 3.06. The zero-order valence-corrected chi connectivity index (χ0v) is 13.7.